The molecule has 0 saturated heterocycles. The van der Waals surface area contributed by atoms with Gasteiger partial charge in [-0.1, -0.05) is 117 Å². The first-order valence-electron chi connectivity index (χ1n) is 14.8. The van der Waals surface area contributed by atoms with E-state index in [-0.39, 0.29) is 19.4 Å². The fourth-order valence-corrected chi connectivity index (χ4v) is 4.19. The van der Waals surface area contributed by atoms with E-state index in [0.29, 0.717) is 6.42 Å². The second-order valence-electron chi connectivity index (χ2n) is 10.1. The van der Waals surface area contributed by atoms with Gasteiger partial charge in [-0.15, -0.1) is 0 Å². The summed E-state index contributed by atoms with van der Waals surface area (Å²) >= 11 is 0. The van der Waals surface area contributed by atoms with Crippen LogP contribution in [0, 0.1) is 0 Å². The molecule has 36 heavy (non-hydrogen) atoms. The molecule has 0 rings (SSSR count). The minimum atomic E-state index is -1.53. The van der Waals surface area contributed by atoms with Gasteiger partial charge in [0.15, 0.2) is 6.10 Å². The van der Waals surface area contributed by atoms with Gasteiger partial charge in [0.1, 0.15) is 18.8 Å². The summed E-state index contributed by atoms with van der Waals surface area (Å²) in [4.78, 5) is 24.4. The summed E-state index contributed by atoms with van der Waals surface area (Å²) in [6.07, 6.45) is 16.8. The molecule has 0 aromatic carbocycles. The van der Waals surface area contributed by atoms with E-state index in [4.69, 9.17) is 14.6 Å². The minimum absolute atomic E-state index is 0.209. The van der Waals surface area contributed by atoms with Crippen molar-refractivity contribution < 1.29 is 34.4 Å². The number of carbonyl (C=O) groups is 2. The molecule has 0 aliphatic heterocycles. The molecule has 0 heterocycles. The zero-order valence-electron chi connectivity index (χ0n) is 23.3. The van der Waals surface area contributed by atoms with Crippen LogP contribution in [0.1, 0.15) is 142 Å². The summed E-state index contributed by atoms with van der Waals surface area (Å²) in [6.45, 7) is 3.40. The number of carbonyl (C=O) groups excluding carboxylic acids is 2. The van der Waals surface area contributed by atoms with Crippen LogP contribution in [0.25, 0.3) is 0 Å². The largest absolute Gasteiger partial charge is 0.462 e. The lowest BCUT2D eigenvalue weighted by atomic mass is 10.1. The monoisotopic (exact) mass is 516 g/mol. The quantitative estimate of drug-likeness (QED) is 0.0954. The highest BCUT2D eigenvalue weighted by atomic mass is 16.6. The maximum atomic E-state index is 12.3. The van der Waals surface area contributed by atoms with Gasteiger partial charge in [-0.2, -0.15) is 0 Å². The van der Waals surface area contributed by atoms with E-state index in [2.05, 4.69) is 13.8 Å². The average molecular weight is 517 g/mol. The first-order valence-corrected chi connectivity index (χ1v) is 14.8. The Kier molecular flexibility index (Phi) is 24.6. The predicted molar refractivity (Wildman–Crippen MR) is 144 cm³/mol. The van der Waals surface area contributed by atoms with Crippen molar-refractivity contribution in [1.29, 1.82) is 0 Å². The Labute approximate surface area is 220 Å². The zero-order chi connectivity index (χ0) is 26.9. The maximum absolute atomic E-state index is 12.3. The second-order valence-corrected chi connectivity index (χ2v) is 10.1. The molecule has 0 aromatic heterocycles. The topological polar surface area (TPSA) is 113 Å². The summed E-state index contributed by atoms with van der Waals surface area (Å²) in [5.74, 6) is -0.911. The SMILES string of the molecule is CCCCCCCCCCCC(=O)OC[C@H](OC(=O)CCCCCCCCCCC)[C@@H](O)[C@H](O)CO. The van der Waals surface area contributed by atoms with Gasteiger partial charge in [0.25, 0.3) is 0 Å². The molecule has 0 radical (unpaired) electrons. The highest BCUT2D eigenvalue weighted by molar-refractivity contribution is 5.70. The van der Waals surface area contributed by atoms with E-state index < -0.39 is 36.9 Å². The third-order valence-electron chi connectivity index (χ3n) is 6.62. The molecular formula is C29H56O7. The van der Waals surface area contributed by atoms with Gasteiger partial charge in [-0.05, 0) is 12.8 Å². The van der Waals surface area contributed by atoms with Crippen LogP contribution in [0.3, 0.4) is 0 Å². The number of rotatable bonds is 26. The van der Waals surface area contributed by atoms with Crippen molar-refractivity contribution in [2.45, 2.75) is 161 Å². The van der Waals surface area contributed by atoms with E-state index in [1.807, 2.05) is 0 Å². The molecule has 0 bridgehead atoms. The summed E-state index contributed by atoms with van der Waals surface area (Å²) < 4.78 is 10.5. The molecule has 0 aliphatic rings. The number of hydrogen-bond donors (Lipinski definition) is 3. The van der Waals surface area contributed by atoms with E-state index in [1.54, 1.807) is 0 Å². The Morgan fingerprint density at radius 3 is 1.42 bits per heavy atom. The van der Waals surface area contributed by atoms with Crippen molar-refractivity contribution in [2.75, 3.05) is 13.2 Å². The highest BCUT2D eigenvalue weighted by Gasteiger charge is 2.30. The van der Waals surface area contributed by atoms with Crippen LogP contribution in [0.15, 0.2) is 0 Å². The molecule has 7 nitrogen and oxygen atoms in total. The molecule has 0 aromatic rings. The van der Waals surface area contributed by atoms with Crippen LogP contribution in [0.2, 0.25) is 0 Å². The summed E-state index contributed by atoms with van der Waals surface area (Å²) in [5, 5.41) is 29.2. The lowest BCUT2D eigenvalue weighted by molar-refractivity contribution is -0.173. The Morgan fingerprint density at radius 2 is 1.00 bits per heavy atom. The van der Waals surface area contributed by atoms with Gasteiger partial charge in [-0.3, -0.25) is 9.59 Å². The Bertz CT molecular complexity index is 512. The van der Waals surface area contributed by atoms with Gasteiger partial charge in [0.2, 0.25) is 0 Å². The number of ether oxygens (including phenoxy) is 2. The van der Waals surface area contributed by atoms with Crippen LogP contribution in [-0.2, 0) is 19.1 Å². The maximum Gasteiger partial charge on any atom is 0.306 e. The van der Waals surface area contributed by atoms with Crippen LogP contribution in [0.5, 0.6) is 0 Å². The van der Waals surface area contributed by atoms with E-state index >= 15 is 0 Å². The third kappa shape index (κ3) is 21.0. The van der Waals surface area contributed by atoms with Crippen molar-refractivity contribution >= 4 is 11.9 Å². The molecule has 7 heteroatoms. The lowest BCUT2D eigenvalue weighted by Crippen LogP contribution is -2.44. The van der Waals surface area contributed by atoms with Crippen LogP contribution < -0.4 is 0 Å². The lowest BCUT2D eigenvalue weighted by Gasteiger charge is -2.25. The van der Waals surface area contributed by atoms with E-state index in [1.165, 1.54) is 70.6 Å². The predicted octanol–water partition coefficient (Wildman–Crippen LogP) is 6.00. The number of hydrogen-bond acceptors (Lipinski definition) is 7. The number of esters is 2. The molecule has 3 N–H and O–H groups in total. The van der Waals surface area contributed by atoms with Crippen molar-refractivity contribution in [1.82, 2.24) is 0 Å². The fraction of sp³-hybridized carbons (Fsp3) is 0.931. The molecule has 3 atom stereocenters. The van der Waals surface area contributed by atoms with Gasteiger partial charge in [0.05, 0.1) is 6.61 Å². The average Bonchev–Trinajstić information content (AvgIpc) is 2.88. The van der Waals surface area contributed by atoms with Gasteiger partial charge < -0.3 is 24.8 Å². The van der Waals surface area contributed by atoms with Crippen molar-refractivity contribution in [3.63, 3.8) is 0 Å². The molecule has 0 saturated carbocycles. The van der Waals surface area contributed by atoms with Crippen LogP contribution >= 0.6 is 0 Å². The van der Waals surface area contributed by atoms with Crippen molar-refractivity contribution in [2.24, 2.45) is 0 Å². The van der Waals surface area contributed by atoms with E-state index in [0.717, 1.165) is 38.5 Å². The number of aliphatic hydroxyl groups excluding tert-OH is 3. The molecule has 0 spiro atoms. The normalized spacial score (nSPS) is 13.8. The van der Waals surface area contributed by atoms with Gasteiger partial charge in [0, 0.05) is 12.8 Å². The van der Waals surface area contributed by atoms with Crippen molar-refractivity contribution in [3.8, 4) is 0 Å². The van der Waals surface area contributed by atoms with Crippen LogP contribution in [0.4, 0.5) is 0 Å². The molecule has 0 fully saturated rings. The standard InChI is InChI=1S/C29H56O7/c1-3-5-7-9-11-13-15-17-19-21-27(32)35-24-26(29(34)25(31)23-30)36-28(33)22-20-18-16-14-12-10-8-6-4-2/h25-26,29-31,34H,3-24H2,1-2H3/t25-,26+,29+/m1/s1. The van der Waals surface area contributed by atoms with Gasteiger partial charge in [-0.25, -0.2) is 0 Å². The molecule has 214 valence electrons. The molecular weight excluding hydrogens is 460 g/mol. The highest BCUT2D eigenvalue weighted by Crippen LogP contribution is 2.14. The van der Waals surface area contributed by atoms with Gasteiger partial charge >= 0.3 is 11.9 Å². The molecule has 0 aliphatic carbocycles. The number of unbranched alkanes of at least 4 members (excludes halogenated alkanes) is 16. The molecule has 0 amide bonds. The first-order chi connectivity index (χ1) is 17.5. The minimum Gasteiger partial charge on any atom is -0.462 e. The summed E-state index contributed by atoms with van der Waals surface area (Å²) in [7, 11) is 0. The Balaban J connectivity index is 4.15. The number of aliphatic hydroxyl groups is 3. The fourth-order valence-electron chi connectivity index (χ4n) is 4.19. The summed E-state index contributed by atoms with van der Waals surface area (Å²) in [6, 6.07) is 0. The van der Waals surface area contributed by atoms with Crippen molar-refractivity contribution in [3.05, 3.63) is 0 Å². The summed E-state index contributed by atoms with van der Waals surface area (Å²) in [5.41, 5.74) is 0. The Morgan fingerprint density at radius 1 is 0.611 bits per heavy atom. The second kappa shape index (κ2) is 25.5. The van der Waals surface area contributed by atoms with Crippen LogP contribution in [-0.4, -0.2) is 58.8 Å². The smallest absolute Gasteiger partial charge is 0.306 e. The zero-order valence-corrected chi connectivity index (χ0v) is 23.3. The third-order valence-corrected chi connectivity index (χ3v) is 6.62. The first kappa shape index (κ1) is 34.8. The Hall–Kier alpha value is -1.18. The molecule has 0 unspecified atom stereocenters. The van der Waals surface area contributed by atoms with E-state index in [9.17, 15) is 19.8 Å².